The quantitative estimate of drug-likeness (QED) is 0.773. The number of fused-ring (bicyclic) bond motifs is 1. The summed E-state index contributed by atoms with van der Waals surface area (Å²) in [6, 6.07) is 9.19. The summed E-state index contributed by atoms with van der Waals surface area (Å²) in [5.74, 6) is 0.247. The fourth-order valence-electron chi connectivity index (χ4n) is 3.99. The molecule has 4 rings (SSSR count). The Hall–Kier alpha value is -2.18. The predicted molar refractivity (Wildman–Crippen MR) is 94.2 cm³/mol. The molecule has 1 unspecified atom stereocenters. The first-order valence-electron chi connectivity index (χ1n) is 8.57. The van der Waals surface area contributed by atoms with E-state index in [9.17, 15) is 4.79 Å². The molecule has 3 atom stereocenters. The number of nitrogen functional groups attached to an aromatic ring is 1. The lowest BCUT2D eigenvalue weighted by molar-refractivity contribution is 0.436. The summed E-state index contributed by atoms with van der Waals surface area (Å²) in [7, 11) is 0. The maximum absolute atomic E-state index is 12.0. The smallest absolute Gasteiger partial charge is 0.354 e. The summed E-state index contributed by atoms with van der Waals surface area (Å²) in [5, 5.41) is 3.76. The van der Waals surface area contributed by atoms with Gasteiger partial charge in [0.05, 0.1) is 5.69 Å². The van der Waals surface area contributed by atoms with Crippen LogP contribution in [0.1, 0.15) is 30.4 Å². The van der Waals surface area contributed by atoms with Gasteiger partial charge in [-0.2, -0.15) is 4.98 Å². The van der Waals surface area contributed by atoms with Crippen molar-refractivity contribution in [1.29, 1.82) is 0 Å². The average molecular weight is 325 g/mol. The highest BCUT2D eigenvalue weighted by Gasteiger charge is 2.27. The molecule has 2 aliphatic rings. The fraction of sp³-hybridized carbons (Fsp3) is 0.444. The van der Waals surface area contributed by atoms with Crippen molar-refractivity contribution in [3.8, 4) is 5.69 Å². The second kappa shape index (κ2) is 6.03. The van der Waals surface area contributed by atoms with Crippen molar-refractivity contribution >= 4 is 5.82 Å². The monoisotopic (exact) mass is 325 g/mol. The van der Waals surface area contributed by atoms with Crippen molar-refractivity contribution in [3.63, 3.8) is 0 Å². The standard InChI is InChI=1S/C18H23N5O/c19-13-2-3-14(10-13)21-15-7-11-1-4-16(9-12(11)8-15)23-6-5-17(20)22-18(23)24/h1,4-6,9,13-15,21H,2-3,7-8,10,19H2,(H2,20,22,24)/t13-,14-,15?/m0/s1. The zero-order valence-corrected chi connectivity index (χ0v) is 13.6. The van der Waals surface area contributed by atoms with Crippen LogP contribution in [0.25, 0.3) is 5.69 Å². The highest BCUT2D eigenvalue weighted by molar-refractivity contribution is 5.44. The molecule has 0 saturated heterocycles. The average Bonchev–Trinajstić information content (AvgIpc) is 3.12. The molecule has 0 radical (unpaired) electrons. The molecule has 126 valence electrons. The summed E-state index contributed by atoms with van der Waals surface area (Å²) in [5.41, 5.74) is 14.7. The van der Waals surface area contributed by atoms with Gasteiger partial charge in [0.25, 0.3) is 0 Å². The largest absolute Gasteiger partial charge is 0.383 e. The van der Waals surface area contributed by atoms with E-state index in [2.05, 4.69) is 22.4 Å². The van der Waals surface area contributed by atoms with Gasteiger partial charge < -0.3 is 16.8 Å². The summed E-state index contributed by atoms with van der Waals surface area (Å²) in [6.45, 7) is 0. The van der Waals surface area contributed by atoms with Gasteiger partial charge in [-0.3, -0.25) is 4.57 Å². The number of nitrogens with two attached hydrogens (primary N) is 2. The van der Waals surface area contributed by atoms with Crippen LogP contribution in [0.4, 0.5) is 5.82 Å². The molecule has 1 aromatic heterocycles. The van der Waals surface area contributed by atoms with Crippen LogP contribution in [-0.4, -0.2) is 27.7 Å². The third-order valence-electron chi connectivity index (χ3n) is 5.17. The van der Waals surface area contributed by atoms with E-state index in [0.29, 0.717) is 18.1 Å². The van der Waals surface area contributed by atoms with E-state index < -0.39 is 0 Å². The van der Waals surface area contributed by atoms with Crippen LogP contribution >= 0.6 is 0 Å². The minimum atomic E-state index is -0.345. The van der Waals surface area contributed by atoms with E-state index in [1.54, 1.807) is 12.3 Å². The number of hydrogen-bond acceptors (Lipinski definition) is 5. The number of benzene rings is 1. The first-order valence-corrected chi connectivity index (χ1v) is 8.57. The second-order valence-corrected chi connectivity index (χ2v) is 7.00. The van der Waals surface area contributed by atoms with Gasteiger partial charge in [0.1, 0.15) is 5.82 Å². The highest BCUT2D eigenvalue weighted by Crippen LogP contribution is 2.26. The zero-order valence-electron chi connectivity index (χ0n) is 13.6. The van der Waals surface area contributed by atoms with Gasteiger partial charge in [0.15, 0.2) is 0 Å². The van der Waals surface area contributed by atoms with Crippen molar-refractivity contribution in [1.82, 2.24) is 14.9 Å². The van der Waals surface area contributed by atoms with Gasteiger partial charge in [-0.15, -0.1) is 0 Å². The Morgan fingerprint density at radius 1 is 1.12 bits per heavy atom. The predicted octanol–water partition coefficient (Wildman–Crippen LogP) is 0.751. The maximum Gasteiger partial charge on any atom is 0.354 e. The topological polar surface area (TPSA) is 99.0 Å². The van der Waals surface area contributed by atoms with E-state index in [-0.39, 0.29) is 11.5 Å². The maximum atomic E-state index is 12.0. The third-order valence-corrected chi connectivity index (χ3v) is 5.17. The summed E-state index contributed by atoms with van der Waals surface area (Å²) < 4.78 is 1.54. The number of anilines is 1. The van der Waals surface area contributed by atoms with Crippen LogP contribution < -0.4 is 22.5 Å². The number of rotatable bonds is 3. The van der Waals surface area contributed by atoms with E-state index in [1.165, 1.54) is 22.1 Å². The molecule has 24 heavy (non-hydrogen) atoms. The molecule has 1 aromatic carbocycles. The molecule has 6 heteroatoms. The lowest BCUT2D eigenvalue weighted by Gasteiger charge is -2.18. The lowest BCUT2D eigenvalue weighted by Crippen LogP contribution is -2.38. The molecular formula is C18H23N5O. The Morgan fingerprint density at radius 2 is 1.96 bits per heavy atom. The van der Waals surface area contributed by atoms with E-state index in [4.69, 9.17) is 11.5 Å². The normalized spacial score (nSPS) is 25.8. The van der Waals surface area contributed by atoms with Gasteiger partial charge in [0, 0.05) is 24.3 Å². The molecule has 2 aliphatic carbocycles. The van der Waals surface area contributed by atoms with Gasteiger partial charge in [-0.05, 0) is 61.4 Å². The summed E-state index contributed by atoms with van der Waals surface area (Å²) in [4.78, 5) is 15.8. The molecule has 6 nitrogen and oxygen atoms in total. The molecule has 0 amide bonds. The summed E-state index contributed by atoms with van der Waals surface area (Å²) >= 11 is 0. The molecule has 0 spiro atoms. The van der Waals surface area contributed by atoms with Crippen molar-refractivity contribution < 1.29 is 0 Å². The van der Waals surface area contributed by atoms with Crippen LogP contribution in [0.3, 0.4) is 0 Å². The molecule has 0 aliphatic heterocycles. The van der Waals surface area contributed by atoms with Crippen molar-refractivity contribution in [3.05, 3.63) is 52.1 Å². The van der Waals surface area contributed by atoms with Crippen molar-refractivity contribution in [2.75, 3.05) is 5.73 Å². The second-order valence-electron chi connectivity index (χ2n) is 7.00. The SMILES string of the molecule is Nc1ccn(-c2ccc3c(c2)CC(N[C@H]2CC[C@H](N)C2)C3)c(=O)n1. The van der Waals surface area contributed by atoms with Crippen LogP contribution in [0.15, 0.2) is 35.3 Å². The number of aromatic nitrogens is 2. The van der Waals surface area contributed by atoms with Crippen LogP contribution in [-0.2, 0) is 12.8 Å². The van der Waals surface area contributed by atoms with Crippen LogP contribution in [0.2, 0.25) is 0 Å². The van der Waals surface area contributed by atoms with Gasteiger partial charge >= 0.3 is 5.69 Å². The molecular weight excluding hydrogens is 302 g/mol. The molecule has 5 N–H and O–H groups in total. The number of nitrogens with zero attached hydrogens (tertiary/aromatic N) is 2. The minimum Gasteiger partial charge on any atom is -0.383 e. The molecule has 1 fully saturated rings. The lowest BCUT2D eigenvalue weighted by atomic mass is 10.1. The Kier molecular flexibility index (Phi) is 3.86. The Balaban J connectivity index is 1.52. The molecule has 2 aromatic rings. The third kappa shape index (κ3) is 2.95. The molecule has 1 heterocycles. The Bertz CT molecular complexity index is 815. The Morgan fingerprint density at radius 3 is 2.71 bits per heavy atom. The van der Waals surface area contributed by atoms with Gasteiger partial charge in [0.2, 0.25) is 0 Å². The molecule has 1 saturated carbocycles. The summed E-state index contributed by atoms with van der Waals surface area (Å²) in [6.07, 6.45) is 7.07. The first-order chi connectivity index (χ1) is 11.6. The number of hydrogen-bond donors (Lipinski definition) is 3. The van der Waals surface area contributed by atoms with Crippen molar-refractivity contribution in [2.45, 2.75) is 50.2 Å². The fourth-order valence-corrected chi connectivity index (χ4v) is 3.99. The number of nitrogens with one attached hydrogen (secondary N) is 1. The van der Waals surface area contributed by atoms with E-state index >= 15 is 0 Å². The minimum absolute atomic E-state index is 0.247. The van der Waals surface area contributed by atoms with Crippen LogP contribution in [0, 0.1) is 0 Å². The van der Waals surface area contributed by atoms with E-state index in [0.717, 1.165) is 31.4 Å². The Labute approximate surface area is 140 Å². The first kappa shape index (κ1) is 15.4. The zero-order chi connectivity index (χ0) is 16.7. The van der Waals surface area contributed by atoms with E-state index in [1.807, 2.05) is 6.07 Å². The van der Waals surface area contributed by atoms with Gasteiger partial charge in [-0.1, -0.05) is 6.07 Å². The van der Waals surface area contributed by atoms with Gasteiger partial charge in [-0.25, -0.2) is 4.79 Å². The van der Waals surface area contributed by atoms with Crippen molar-refractivity contribution in [2.24, 2.45) is 5.73 Å². The molecule has 0 bridgehead atoms. The highest BCUT2D eigenvalue weighted by atomic mass is 16.1. The van der Waals surface area contributed by atoms with Crippen LogP contribution in [0.5, 0.6) is 0 Å².